The van der Waals surface area contributed by atoms with E-state index in [2.05, 4.69) is 0 Å². The maximum absolute atomic E-state index is 13.6. The van der Waals surface area contributed by atoms with Crippen molar-refractivity contribution in [2.75, 3.05) is 0 Å². The van der Waals surface area contributed by atoms with Crippen molar-refractivity contribution in [3.8, 4) is 0 Å². The SMILES string of the molecule is CC(C)(C)C(CC(C(=O)O)C(F)(F)C(F)(F)C(F)(F)F)C(=O)O.CC(C)(C)C(CC(C(=O)O)C(F)(F)C(F)(F)C(F)(F)F)C(=O)O.CC(C)(C)C(CC(C(=O)O)C(F)(F)C(F)(F)C(F)(F)F)C(=O)O.[Y].[Y]. The molecule has 0 amide bonds. The summed E-state index contributed by atoms with van der Waals surface area (Å²) in [6.45, 7) is 10.8. The predicted molar refractivity (Wildman–Crippen MR) is 187 cm³/mol. The van der Waals surface area contributed by atoms with Gasteiger partial charge in [0, 0.05) is 65.4 Å². The van der Waals surface area contributed by atoms with Gasteiger partial charge in [0.25, 0.3) is 0 Å². The predicted octanol–water partition coefficient (Wildman–Crippen LogP) is 11.0. The van der Waals surface area contributed by atoms with E-state index in [0.29, 0.717) is 0 Å². The smallest absolute Gasteiger partial charge is 0.459 e. The van der Waals surface area contributed by atoms with E-state index in [4.69, 9.17) is 30.6 Å². The Balaban J connectivity index is -0.000000302. The van der Waals surface area contributed by atoms with Gasteiger partial charge in [0.2, 0.25) is 0 Å². The maximum atomic E-state index is 13.6. The van der Waals surface area contributed by atoms with Crippen LogP contribution in [0.25, 0.3) is 0 Å². The second-order valence-corrected chi connectivity index (χ2v) is 18.2. The van der Waals surface area contributed by atoms with Crippen molar-refractivity contribution in [1.82, 2.24) is 0 Å². The Morgan fingerprint density at radius 3 is 0.465 bits per heavy atom. The monoisotopic (exact) mass is 1250 g/mol. The fourth-order valence-corrected chi connectivity index (χ4v) is 5.62. The number of aliphatic carboxylic acids is 6. The Hall–Kier alpha value is -2.44. The molecule has 6 unspecified atom stereocenters. The van der Waals surface area contributed by atoms with Gasteiger partial charge in [-0.2, -0.15) is 92.2 Å². The molecule has 0 aromatic rings. The van der Waals surface area contributed by atoms with E-state index < -0.39 is 161 Å². The number of carboxylic acid groups (broad SMARTS) is 6. The topological polar surface area (TPSA) is 224 Å². The van der Waals surface area contributed by atoms with Gasteiger partial charge >= 0.3 is 89.9 Å². The summed E-state index contributed by atoms with van der Waals surface area (Å²) in [6.07, 6.45) is -24.8. The Morgan fingerprint density at radius 1 is 0.282 bits per heavy atom. The van der Waals surface area contributed by atoms with E-state index in [1.165, 1.54) is 62.3 Å². The summed E-state index contributed by atoms with van der Waals surface area (Å²) in [6, 6.07) is 0. The van der Waals surface area contributed by atoms with Crippen LogP contribution in [0.15, 0.2) is 0 Å². The van der Waals surface area contributed by atoms with E-state index in [-0.39, 0.29) is 65.4 Å². The van der Waals surface area contributed by atoms with Crippen molar-refractivity contribution < 1.29 is 217 Å². The molecule has 35 heteroatoms. The third-order valence-corrected chi connectivity index (χ3v) is 9.98. The summed E-state index contributed by atoms with van der Waals surface area (Å²) in [5, 5.41) is 52.7. The molecule has 0 aliphatic heterocycles. The first-order valence-corrected chi connectivity index (χ1v) is 18.4. The number of carboxylic acids is 6. The fourth-order valence-electron chi connectivity index (χ4n) is 5.62. The van der Waals surface area contributed by atoms with E-state index in [9.17, 15) is 121 Å². The first-order chi connectivity index (χ1) is 29.6. The van der Waals surface area contributed by atoms with Gasteiger partial charge in [-0.3, -0.25) is 28.8 Å². The summed E-state index contributed by atoms with van der Waals surface area (Å²) >= 11 is 0. The van der Waals surface area contributed by atoms with Gasteiger partial charge in [0.15, 0.2) is 0 Å². The van der Waals surface area contributed by atoms with Gasteiger partial charge in [0.1, 0.15) is 17.8 Å². The second kappa shape index (κ2) is 25.4. The molecule has 0 aliphatic rings. The van der Waals surface area contributed by atoms with Gasteiger partial charge in [-0.15, -0.1) is 0 Å². The van der Waals surface area contributed by atoms with Crippen LogP contribution in [0.1, 0.15) is 81.6 Å². The molecule has 0 rings (SSSR count). The number of halogens is 21. The molecule has 0 saturated carbocycles. The van der Waals surface area contributed by atoms with Gasteiger partial charge in [-0.1, -0.05) is 62.3 Å². The Kier molecular flexibility index (Phi) is 27.7. The van der Waals surface area contributed by atoms with Crippen LogP contribution >= 0.6 is 0 Å². The molecule has 0 fully saturated rings. The first kappa shape index (κ1) is 77.5. The molecule has 6 atom stereocenters. The third kappa shape index (κ3) is 19.0. The summed E-state index contributed by atoms with van der Waals surface area (Å²) in [7, 11) is 0. The van der Waals surface area contributed by atoms with Crippen LogP contribution < -0.4 is 0 Å². The van der Waals surface area contributed by atoms with E-state index in [0.717, 1.165) is 0 Å². The molecule has 0 aromatic heterocycles. The van der Waals surface area contributed by atoms with Crippen LogP contribution in [0.3, 0.4) is 0 Å². The molecule has 414 valence electrons. The quantitative estimate of drug-likeness (QED) is 0.0706. The van der Waals surface area contributed by atoms with Crippen LogP contribution in [0.5, 0.6) is 0 Å². The van der Waals surface area contributed by atoms with Crippen molar-refractivity contribution in [3.63, 3.8) is 0 Å². The molecule has 0 bridgehead atoms. The Bertz CT molecular complexity index is 1610. The molecule has 0 aliphatic carbocycles. The number of hydrogen-bond acceptors (Lipinski definition) is 6. The molecule has 2 radical (unpaired) electrons. The summed E-state index contributed by atoms with van der Waals surface area (Å²) in [5.41, 5.74) is -4.03. The molecule has 6 N–H and O–H groups in total. The van der Waals surface area contributed by atoms with E-state index >= 15 is 0 Å². The number of hydrogen-bond donors (Lipinski definition) is 6. The van der Waals surface area contributed by atoms with Gasteiger partial charge < -0.3 is 30.6 Å². The average Bonchev–Trinajstić information content (AvgIpc) is 3.04. The van der Waals surface area contributed by atoms with E-state index in [1.807, 2.05) is 0 Å². The average molecular weight is 1250 g/mol. The van der Waals surface area contributed by atoms with Crippen LogP contribution in [0, 0.1) is 51.8 Å². The van der Waals surface area contributed by atoms with Crippen molar-refractivity contribution in [3.05, 3.63) is 0 Å². The zero-order valence-electron chi connectivity index (χ0n) is 37.8. The maximum Gasteiger partial charge on any atom is 0.459 e. The van der Waals surface area contributed by atoms with Crippen LogP contribution in [-0.4, -0.2) is 121 Å². The summed E-state index contributed by atoms with van der Waals surface area (Å²) in [5.74, 6) is -67.4. The van der Waals surface area contributed by atoms with Crippen LogP contribution in [0.4, 0.5) is 92.2 Å². The minimum absolute atomic E-state index is 0. The van der Waals surface area contributed by atoms with Crippen LogP contribution in [0.2, 0.25) is 0 Å². The molecule has 0 aromatic carbocycles. The molecule has 12 nitrogen and oxygen atoms in total. The number of carbonyl (C=O) groups is 6. The van der Waals surface area contributed by atoms with Crippen molar-refractivity contribution >= 4 is 35.8 Å². The molecule has 0 saturated heterocycles. The molecule has 71 heavy (non-hydrogen) atoms. The molecular weight excluding hydrogens is 1200 g/mol. The zero-order valence-corrected chi connectivity index (χ0v) is 43.5. The normalized spacial score (nSPS) is 16.3. The van der Waals surface area contributed by atoms with Gasteiger partial charge in [-0.05, 0) is 35.5 Å². The van der Waals surface area contributed by atoms with Crippen molar-refractivity contribution in [1.29, 1.82) is 0 Å². The third-order valence-electron chi connectivity index (χ3n) is 9.98. The van der Waals surface area contributed by atoms with Gasteiger partial charge in [-0.25, -0.2) is 0 Å². The first-order valence-electron chi connectivity index (χ1n) is 18.4. The molecular formula is C36H45F21O12Y2. The summed E-state index contributed by atoms with van der Waals surface area (Å²) < 4.78 is 269. The van der Waals surface area contributed by atoms with Crippen molar-refractivity contribution in [2.24, 2.45) is 51.8 Å². The standard InChI is InChI=1S/3C12H15F7O4.2Y/c3*1-9(2,3)5(7(20)21)4-6(8(22)23)10(13,14)11(15,16)12(17,18)19;;/h3*5-6H,4H2,1-3H3,(H,20,21)(H,22,23);;. The Labute approximate surface area is 438 Å². The largest absolute Gasteiger partial charge is 0.481 e. The Morgan fingerprint density at radius 2 is 0.394 bits per heavy atom. The minimum atomic E-state index is -6.69. The van der Waals surface area contributed by atoms with Gasteiger partial charge in [0.05, 0.1) is 17.8 Å². The number of alkyl halides is 21. The second-order valence-electron chi connectivity index (χ2n) is 18.2. The molecule has 0 spiro atoms. The summed E-state index contributed by atoms with van der Waals surface area (Å²) in [4.78, 5) is 65.6. The van der Waals surface area contributed by atoms with Crippen molar-refractivity contribution in [2.45, 2.75) is 136 Å². The van der Waals surface area contributed by atoms with E-state index in [1.54, 1.807) is 0 Å². The zero-order chi connectivity index (χ0) is 57.0. The fraction of sp³-hybridized carbons (Fsp3) is 0.833. The number of rotatable bonds is 18. The van der Waals surface area contributed by atoms with Crippen LogP contribution in [-0.2, 0) is 94.2 Å². The molecule has 0 heterocycles. The minimum Gasteiger partial charge on any atom is -0.481 e.